The third-order valence-electron chi connectivity index (χ3n) is 1.45. The van der Waals surface area contributed by atoms with Crippen LogP contribution in [0.4, 0.5) is 5.82 Å². The largest absolute Gasteiger partial charge is 0.384 e. The first-order chi connectivity index (χ1) is 7.09. The number of nitrogens with zero attached hydrogens (tertiary/aromatic N) is 1. The second-order valence-electron chi connectivity index (χ2n) is 2.67. The maximum absolute atomic E-state index is 10.6. The van der Waals surface area contributed by atoms with Crippen molar-refractivity contribution in [2.75, 3.05) is 11.5 Å². The fourth-order valence-corrected chi connectivity index (χ4v) is 1.36. The average molecular weight is 241 g/mol. The molecule has 1 rings (SSSR count). The minimum atomic E-state index is 0.0471. The number of aromatic nitrogens is 1. The first-order valence-corrected chi connectivity index (χ1v) is 5.49. The summed E-state index contributed by atoms with van der Waals surface area (Å²) < 4.78 is 0. The number of nitrogen functional groups attached to an aromatic ring is 1. The first kappa shape index (κ1) is 11.9. The SMILES string of the molecule is CC(=O)SCC#Cc1cnc(N)cc1Cl. The van der Waals surface area contributed by atoms with E-state index in [9.17, 15) is 4.79 Å². The molecule has 0 fully saturated rings. The van der Waals surface area contributed by atoms with Crippen molar-refractivity contribution in [2.45, 2.75) is 6.92 Å². The van der Waals surface area contributed by atoms with Crippen molar-refractivity contribution in [2.24, 2.45) is 0 Å². The van der Waals surface area contributed by atoms with E-state index in [1.807, 2.05) is 0 Å². The second kappa shape index (κ2) is 5.64. The average Bonchev–Trinajstić information content (AvgIpc) is 2.14. The summed E-state index contributed by atoms with van der Waals surface area (Å²) in [4.78, 5) is 14.5. The summed E-state index contributed by atoms with van der Waals surface area (Å²) >= 11 is 7.03. The van der Waals surface area contributed by atoms with Gasteiger partial charge in [0.25, 0.3) is 0 Å². The number of carbonyl (C=O) groups is 1. The Balaban J connectivity index is 2.67. The maximum Gasteiger partial charge on any atom is 0.186 e. The molecule has 0 aliphatic heterocycles. The molecule has 1 heterocycles. The number of anilines is 1. The minimum Gasteiger partial charge on any atom is -0.384 e. The number of pyridine rings is 1. The molecule has 0 bridgehead atoms. The van der Waals surface area contributed by atoms with Crippen LogP contribution in [0.3, 0.4) is 0 Å². The zero-order valence-electron chi connectivity index (χ0n) is 8.08. The van der Waals surface area contributed by atoms with Crippen molar-refractivity contribution in [1.29, 1.82) is 0 Å². The Morgan fingerprint density at radius 1 is 1.73 bits per heavy atom. The number of hydrogen-bond donors (Lipinski definition) is 1. The van der Waals surface area contributed by atoms with Crippen LogP contribution in [0.1, 0.15) is 12.5 Å². The standard InChI is InChI=1S/C10H9ClN2OS/c1-7(14)15-4-2-3-8-6-13-10(12)5-9(8)11/h5-6H,4H2,1H3,(H2,12,13). The predicted octanol–water partition coefficient (Wildman–Crippen LogP) is 1.95. The van der Waals surface area contributed by atoms with E-state index in [1.165, 1.54) is 13.1 Å². The Morgan fingerprint density at radius 2 is 2.47 bits per heavy atom. The van der Waals surface area contributed by atoms with Gasteiger partial charge in [0.2, 0.25) is 0 Å². The summed E-state index contributed by atoms with van der Waals surface area (Å²) in [6.07, 6.45) is 1.52. The highest BCUT2D eigenvalue weighted by Gasteiger charge is 1.97. The predicted molar refractivity (Wildman–Crippen MR) is 63.7 cm³/mol. The lowest BCUT2D eigenvalue weighted by Crippen LogP contribution is -1.90. The van der Waals surface area contributed by atoms with E-state index >= 15 is 0 Å². The molecule has 0 amide bonds. The number of nitrogens with two attached hydrogens (primary N) is 1. The van der Waals surface area contributed by atoms with Crippen molar-refractivity contribution in [1.82, 2.24) is 4.98 Å². The van der Waals surface area contributed by atoms with Gasteiger partial charge in [-0.2, -0.15) is 0 Å². The highest BCUT2D eigenvalue weighted by Crippen LogP contribution is 2.15. The Hall–Kier alpha value is -1.18. The lowest BCUT2D eigenvalue weighted by atomic mass is 10.3. The number of thioether (sulfide) groups is 1. The van der Waals surface area contributed by atoms with Crippen LogP contribution in [0.15, 0.2) is 12.3 Å². The van der Waals surface area contributed by atoms with Crippen molar-refractivity contribution >= 4 is 34.3 Å². The first-order valence-electron chi connectivity index (χ1n) is 4.13. The maximum atomic E-state index is 10.6. The quantitative estimate of drug-likeness (QED) is 0.763. The Labute approximate surface area is 97.4 Å². The van der Waals surface area contributed by atoms with E-state index in [0.29, 0.717) is 22.2 Å². The summed E-state index contributed by atoms with van der Waals surface area (Å²) in [6.45, 7) is 1.50. The van der Waals surface area contributed by atoms with Gasteiger partial charge in [0.05, 0.1) is 16.3 Å². The van der Waals surface area contributed by atoms with Crippen LogP contribution in [-0.4, -0.2) is 15.9 Å². The van der Waals surface area contributed by atoms with Gasteiger partial charge in [0.1, 0.15) is 5.82 Å². The van der Waals surface area contributed by atoms with Crippen molar-refractivity contribution in [3.63, 3.8) is 0 Å². The minimum absolute atomic E-state index is 0.0471. The monoisotopic (exact) mass is 240 g/mol. The Morgan fingerprint density at radius 3 is 3.07 bits per heavy atom. The van der Waals surface area contributed by atoms with E-state index in [1.54, 1.807) is 6.07 Å². The summed E-state index contributed by atoms with van der Waals surface area (Å²) in [6, 6.07) is 1.55. The smallest absolute Gasteiger partial charge is 0.186 e. The molecule has 1 aromatic rings. The molecule has 0 radical (unpaired) electrons. The molecule has 0 aliphatic carbocycles. The second-order valence-corrected chi connectivity index (χ2v) is 4.23. The fraction of sp³-hybridized carbons (Fsp3) is 0.200. The van der Waals surface area contributed by atoms with E-state index in [0.717, 1.165) is 11.8 Å². The van der Waals surface area contributed by atoms with Crippen LogP contribution >= 0.6 is 23.4 Å². The molecule has 1 aromatic heterocycles. The van der Waals surface area contributed by atoms with E-state index < -0.39 is 0 Å². The number of halogens is 1. The number of carbonyl (C=O) groups excluding carboxylic acids is 1. The van der Waals surface area contributed by atoms with Gasteiger partial charge in [-0.25, -0.2) is 4.98 Å². The zero-order valence-corrected chi connectivity index (χ0v) is 9.65. The molecule has 2 N–H and O–H groups in total. The van der Waals surface area contributed by atoms with E-state index in [4.69, 9.17) is 17.3 Å². The Bertz CT molecular complexity index is 437. The lowest BCUT2D eigenvalue weighted by molar-refractivity contribution is -0.109. The molecule has 78 valence electrons. The molecule has 0 atom stereocenters. The molecule has 0 unspecified atom stereocenters. The Kier molecular flexibility index (Phi) is 4.47. The van der Waals surface area contributed by atoms with Crippen LogP contribution in [0.5, 0.6) is 0 Å². The molecule has 0 saturated heterocycles. The fourth-order valence-electron chi connectivity index (χ4n) is 0.807. The molecule has 3 nitrogen and oxygen atoms in total. The third kappa shape index (κ3) is 4.24. The van der Waals surface area contributed by atoms with Crippen molar-refractivity contribution in [3.8, 4) is 11.8 Å². The molecular weight excluding hydrogens is 232 g/mol. The van der Waals surface area contributed by atoms with Crippen LogP contribution in [0.25, 0.3) is 0 Å². The number of hydrogen-bond acceptors (Lipinski definition) is 4. The van der Waals surface area contributed by atoms with Gasteiger partial charge in [-0.15, -0.1) is 0 Å². The van der Waals surface area contributed by atoms with Gasteiger partial charge >= 0.3 is 0 Å². The molecule has 0 spiro atoms. The lowest BCUT2D eigenvalue weighted by Gasteiger charge is -1.95. The summed E-state index contributed by atoms with van der Waals surface area (Å²) in [5, 5.41) is 0.522. The zero-order chi connectivity index (χ0) is 11.3. The highest BCUT2D eigenvalue weighted by molar-refractivity contribution is 8.13. The summed E-state index contributed by atoms with van der Waals surface area (Å²) in [5.74, 6) is 6.46. The summed E-state index contributed by atoms with van der Waals surface area (Å²) in [5.41, 5.74) is 6.05. The topological polar surface area (TPSA) is 56.0 Å². The molecule has 0 aliphatic rings. The van der Waals surface area contributed by atoms with Gasteiger partial charge in [0.15, 0.2) is 5.12 Å². The van der Waals surface area contributed by atoms with E-state index in [-0.39, 0.29) is 5.12 Å². The van der Waals surface area contributed by atoms with Crippen LogP contribution in [-0.2, 0) is 4.79 Å². The van der Waals surface area contributed by atoms with Crippen LogP contribution in [0, 0.1) is 11.8 Å². The van der Waals surface area contributed by atoms with Gasteiger partial charge in [-0.3, -0.25) is 4.79 Å². The molecule has 5 heteroatoms. The molecule has 0 aromatic carbocycles. The normalized spacial score (nSPS) is 9.20. The molecule has 0 saturated carbocycles. The third-order valence-corrected chi connectivity index (χ3v) is 2.45. The molecule has 15 heavy (non-hydrogen) atoms. The van der Waals surface area contributed by atoms with Crippen molar-refractivity contribution < 1.29 is 4.79 Å². The number of rotatable bonds is 1. The van der Waals surface area contributed by atoms with Gasteiger partial charge < -0.3 is 5.73 Å². The molecular formula is C10H9ClN2OS. The van der Waals surface area contributed by atoms with Crippen molar-refractivity contribution in [3.05, 3.63) is 22.8 Å². The van der Waals surface area contributed by atoms with Gasteiger partial charge in [0, 0.05) is 19.2 Å². The van der Waals surface area contributed by atoms with E-state index in [2.05, 4.69) is 16.8 Å². The van der Waals surface area contributed by atoms with Gasteiger partial charge in [-0.05, 0) is 0 Å². The highest BCUT2D eigenvalue weighted by atomic mass is 35.5. The van der Waals surface area contributed by atoms with Crippen LogP contribution in [0.2, 0.25) is 5.02 Å². The van der Waals surface area contributed by atoms with Gasteiger partial charge in [-0.1, -0.05) is 35.2 Å². The van der Waals surface area contributed by atoms with Crippen LogP contribution < -0.4 is 5.73 Å². The summed E-state index contributed by atoms with van der Waals surface area (Å²) in [7, 11) is 0.